The first kappa shape index (κ1) is 27.4. The zero-order valence-corrected chi connectivity index (χ0v) is 23.0. The molecule has 2 aliphatic rings. The molecule has 0 aromatic heterocycles. The molecule has 0 aliphatic carbocycles. The molecule has 3 amide bonds. The maximum atomic E-state index is 14.0. The molecule has 2 fully saturated rings. The number of methoxy groups -OCH3 is 1. The second-order valence-electron chi connectivity index (χ2n) is 10.9. The molecule has 3 aromatic carbocycles. The molecule has 208 valence electrons. The number of carbonyl (C=O) groups is 3. The van der Waals surface area contributed by atoms with Crippen LogP contribution in [0.15, 0.2) is 91.0 Å². The van der Waals surface area contributed by atoms with Gasteiger partial charge in [0.05, 0.1) is 13.2 Å². The number of esters is 1. The van der Waals surface area contributed by atoms with Crippen molar-refractivity contribution in [3.63, 3.8) is 0 Å². The van der Waals surface area contributed by atoms with Crippen molar-refractivity contribution in [1.29, 1.82) is 0 Å². The number of carbonyl (C=O) groups excluding carboxylic acids is 3. The van der Waals surface area contributed by atoms with Crippen LogP contribution in [-0.2, 0) is 27.2 Å². The van der Waals surface area contributed by atoms with Gasteiger partial charge in [0.1, 0.15) is 12.1 Å². The van der Waals surface area contributed by atoms with Gasteiger partial charge >= 0.3 is 12.0 Å². The van der Waals surface area contributed by atoms with Crippen molar-refractivity contribution >= 4 is 17.9 Å². The highest BCUT2D eigenvalue weighted by atomic mass is 16.5. The van der Waals surface area contributed by atoms with Crippen LogP contribution in [0.5, 0.6) is 0 Å². The van der Waals surface area contributed by atoms with Gasteiger partial charge in [0, 0.05) is 6.04 Å². The van der Waals surface area contributed by atoms with Crippen LogP contribution in [0.2, 0.25) is 0 Å². The Bertz CT molecular complexity index is 1300. The van der Waals surface area contributed by atoms with E-state index in [1.165, 1.54) is 18.2 Å². The largest absolute Gasteiger partial charge is 0.467 e. The first-order valence-electron chi connectivity index (χ1n) is 14.0. The van der Waals surface area contributed by atoms with Crippen LogP contribution in [0.1, 0.15) is 42.5 Å². The minimum Gasteiger partial charge on any atom is -0.467 e. The number of rotatable bonds is 8. The van der Waals surface area contributed by atoms with Crippen molar-refractivity contribution in [3.8, 4) is 0 Å². The summed E-state index contributed by atoms with van der Waals surface area (Å²) in [5, 5.41) is 5.91. The third-order valence-corrected chi connectivity index (χ3v) is 8.35. The number of nitrogens with one attached hydrogen (secondary N) is 2. The number of piperidine rings is 1. The van der Waals surface area contributed by atoms with Crippen molar-refractivity contribution in [3.05, 3.63) is 108 Å². The minimum atomic E-state index is -0.740. The summed E-state index contributed by atoms with van der Waals surface area (Å²) in [6.45, 7) is 1.91. The Morgan fingerprint density at radius 3 is 1.93 bits per heavy atom. The molecule has 0 saturated carbocycles. The van der Waals surface area contributed by atoms with Crippen LogP contribution in [0.25, 0.3) is 0 Å². The molecule has 2 N–H and O–H groups in total. The lowest BCUT2D eigenvalue weighted by Gasteiger charge is -2.44. The summed E-state index contributed by atoms with van der Waals surface area (Å²) in [6.07, 6.45) is 2.55. The van der Waals surface area contributed by atoms with Crippen molar-refractivity contribution in [2.75, 3.05) is 7.11 Å². The Hall–Kier alpha value is -4.13. The smallest absolute Gasteiger partial charge is 0.328 e. The molecule has 3 aromatic rings. The highest BCUT2D eigenvalue weighted by Crippen LogP contribution is 2.43. The summed E-state index contributed by atoms with van der Waals surface area (Å²) in [6, 6.07) is 27.9. The minimum absolute atomic E-state index is 0.0558. The predicted molar refractivity (Wildman–Crippen MR) is 153 cm³/mol. The Morgan fingerprint density at radius 2 is 1.38 bits per heavy atom. The van der Waals surface area contributed by atoms with Gasteiger partial charge in [0.15, 0.2) is 0 Å². The van der Waals surface area contributed by atoms with Crippen molar-refractivity contribution < 1.29 is 19.1 Å². The average Bonchev–Trinajstić information content (AvgIpc) is 3.36. The van der Waals surface area contributed by atoms with E-state index in [0.29, 0.717) is 12.8 Å². The van der Waals surface area contributed by atoms with E-state index in [9.17, 15) is 14.4 Å². The molecule has 7 nitrogen and oxygen atoms in total. The Morgan fingerprint density at radius 1 is 0.850 bits per heavy atom. The molecule has 0 unspecified atom stereocenters. The highest BCUT2D eigenvalue weighted by molar-refractivity contribution is 5.92. The third-order valence-electron chi connectivity index (χ3n) is 8.35. The zero-order chi connectivity index (χ0) is 28.1. The van der Waals surface area contributed by atoms with Crippen LogP contribution in [0.4, 0.5) is 4.79 Å². The highest BCUT2D eigenvalue weighted by Gasteiger charge is 2.55. The fraction of sp³-hybridized carbons (Fsp3) is 0.364. The van der Waals surface area contributed by atoms with Crippen LogP contribution in [0, 0.1) is 11.8 Å². The lowest BCUT2D eigenvalue weighted by Crippen LogP contribution is -2.62. The number of hydrogen-bond acceptors (Lipinski definition) is 4. The molecule has 2 saturated heterocycles. The molecule has 7 heteroatoms. The number of urea groups is 1. The van der Waals surface area contributed by atoms with E-state index in [1.54, 1.807) is 4.90 Å². The first-order valence-corrected chi connectivity index (χ1v) is 14.0. The quantitative estimate of drug-likeness (QED) is 0.407. The Kier molecular flexibility index (Phi) is 8.48. The number of nitrogens with zero attached hydrogens (tertiary/aromatic N) is 1. The molecule has 6 atom stereocenters. The lowest BCUT2D eigenvalue weighted by atomic mass is 9.76. The SMILES string of the molecule is COC(=O)[C@@H]1C[C@H](Cc2ccccc2)[C@@H]2[C@@H](Cc3ccccc3)C[C@H](NC(=O)N[C@H](C)c3ccccc3)C(=O)N21. The zero-order valence-electron chi connectivity index (χ0n) is 23.0. The summed E-state index contributed by atoms with van der Waals surface area (Å²) < 4.78 is 5.17. The summed E-state index contributed by atoms with van der Waals surface area (Å²) in [5.74, 6) is -0.477. The second kappa shape index (κ2) is 12.4. The summed E-state index contributed by atoms with van der Waals surface area (Å²) in [4.78, 5) is 41.8. The van der Waals surface area contributed by atoms with Gasteiger partial charge in [-0.2, -0.15) is 0 Å². The van der Waals surface area contributed by atoms with E-state index in [-0.39, 0.29) is 29.8 Å². The van der Waals surface area contributed by atoms with E-state index in [2.05, 4.69) is 34.9 Å². The van der Waals surface area contributed by atoms with E-state index in [0.717, 1.165) is 18.4 Å². The van der Waals surface area contributed by atoms with Gasteiger partial charge < -0.3 is 20.3 Å². The monoisotopic (exact) mass is 539 g/mol. The number of ether oxygens (including phenoxy) is 1. The molecular weight excluding hydrogens is 502 g/mol. The molecule has 0 bridgehead atoms. The van der Waals surface area contributed by atoms with Crippen LogP contribution >= 0.6 is 0 Å². The van der Waals surface area contributed by atoms with Gasteiger partial charge in [0.2, 0.25) is 5.91 Å². The van der Waals surface area contributed by atoms with Gasteiger partial charge in [-0.15, -0.1) is 0 Å². The van der Waals surface area contributed by atoms with E-state index < -0.39 is 24.1 Å². The fourth-order valence-corrected chi connectivity index (χ4v) is 6.54. The van der Waals surface area contributed by atoms with Crippen molar-refractivity contribution in [2.45, 2.75) is 56.8 Å². The number of hydrogen-bond donors (Lipinski definition) is 2. The summed E-state index contributed by atoms with van der Waals surface area (Å²) in [5.41, 5.74) is 3.32. The van der Waals surface area contributed by atoms with Gasteiger partial charge in [0.25, 0.3) is 0 Å². The van der Waals surface area contributed by atoms with Crippen molar-refractivity contribution in [2.24, 2.45) is 11.8 Å². The number of amides is 3. The third kappa shape index (κ3) is 6.03. The van der Waals surface area contributed by atoms with Gasteiger partial charge in [-0.05, 0) is 61.1 Å². The molecule has 0 spiro atoms. The Labute approximate surface area is 235 Å². The van der Waals surface area contributed by atoms with E-state index >= 15 is 0 Å². The second-order valence-corrected chi connectivity index (χ2v) is 10.9. The topological polar surface area (TPSA) is 87.7 Å². The van der Waals surface area contributed by atoms with Crippen molar-refractivity contribution in [1.82, 2.24) is 15.5 Å². The standard InChI is InChI=1S/C33H37N3O4/c1-22(25-16-10-5-11-17-25)34-33(39)35-28-20-26(18-23-12-6-3-7-13-23)30-27(19-24-14-8-4-9-15-24)21-29(32(38)40-2)36(30)31(28)37/h3-17,22,26-30H,18-21H2,1-2H3,(H2,34,35,39)/t22-,26+,27+,28+,29+,30+/m1/s1. The molecule has 2 aliphatic heterocycles. The van der Waals surface area contributed by atoms with Gasteiger partial charge in [-0.1, -0.05) is 91.0 Å². The molecule has 40 heavy (non-hydrogen) atoms. The van der Waals surface area contributed by atoms with E-state index in [4.69, 9.17) is 4.74 Å². The molecular formula is C33H37N3O4. The molecule has 2 heterocycles. The maximum absolute atomic E-state index is 14.0. The van der Waals surface area contributed by atoms with Gasteiger partial charge in [-0.25, -0.2) is 9.59 Å². The lowest BCUT2D eigenvalue weighted by molar-refractivity contribution is -0.156. The molecule has 5 rings (SSSR count). The van der Waals surface area contributed by atoms with Gasteiger partial charge in [-0.3, -0.25) is 4.79 Å². The number of benzene rings is 3. The molecule has 0 radical (unpaired) electrons. The Balaban J connectivity index is 1.41. The average molecular weight is 540 g/mol. The first-order chi connectivity index (χ1) is 19.4. The summed E-state index contributed by atoms with van der Waals surface area (Å²) >= 11 is 0. The number of fused-ring (bicyclic) bond motifs is 1. The van der Waals surface area contributed by atoms with E-state index in [1.807, 2.05) is 73.7 Å². The fourth-order valence-electron chi connectivity index (χ4n) is 6.54. The predicted octanol–water partition coefficient (Wildman–Crippen LogP) is 4.68. The normalized spacial score (nSPS) is 24.6. The van der Waals surface area contributed by atoms with Crippen LogP contribution in [0.3, 0.4) is 0 Å². The van der Waals surface area contributed by atoms with Crippen LogP contribution in [-0.4, -0.2) is 48.0 Å². The van der Waals surface area contributed by atoms with Crippen LogP contribution < -0.4 is 10.6 Å². The summed E-state index contributed by atoms with van der Waals surface area (Å²) in [7, 11) is 1.37. The maximum Gasteiger partial charge on any atom is 0.328 e.